The predicted molar refractivity (Wildman–Crippen MR) is 164 cm³/mol. The Bertz CT molecular complexity index is 2010. The van der Waals surface area contributed by atoms with Gasteiger partial charge in [0.25, 0.3) is 11.5 Å². The van der Waals surface area contributed by atoms with Gasteiger partial charge in [-0.15, -0.1) is 6.58 Å². The molecule has 8 heteroatoms. The van der Waals surface area contributed by atoms with Crippen LogP contribution in [0.2, 0.25) is 0 Å². The van der Waals surface area contributed by atoms with Gasteiger partial charge in [0.15, 0.2) is 4.80 Å². The molecule has 0 bridgehead atoms. The fraction of sp³-hybridized carbons (Fsp3) is 0.121. The fourth-order valence-corrected chi connectivity index (χ4v) is 6.32. The topological polar surface area (TPSA) is 77.6 Å². The van der Waals surface area contributed by atoms with Gasteiger partial charge in [-0.1, -0.05) is 65.9 Å². The molecule has 1 aliphatic heterocycles. The number of amides is 1. The van der Waals surface area contributed by atoms with Crippen molar-refractivity contribution >= 4 is 39.9 Å². The first-order chi connectivity index (χ1) is 20.0. The number of hydrogen-bond acceptors (Lipinski definition) is 5. The van der Waals surface area contributed by atoms with Gasteiger partial charge < -0.3 is 14.6 Å². The average Bonchev–Trinajstić information content (AvgIpc) is 3.49. The molecular formula is C33H28N4O3S. The summed E-state index contributed by atoms with van der Waals surface area (Å²) in [5.41, 5.74) is 4.17. The Balaban J connectivity index is 1.54. The van der Waals surface area contributed by atoms with E-state index < -0.39 is 6.04 Å². The van der Waals surface area contributed by atoms with Gasteiger partial charge in [0.2, 0.25) is 0 Å². The van der Waals surface area contributed by atoms with Crippen LogP contribution in [0.5, 0.6) is 5.75 Å². The molecule has 1 amide bonds. The van der Waals surface area contributed by atoms with E-state index >= 15 is 0 Å². The minimum Gasteiger partial charge on any atom is -0.497 e. The van der Waals surface area contributed by atoms with Crippen LogP contribution in [0.15, 0.2) is 119 Å². The van der Waals surface area contributed by atoms with Crippen molar-refractivity contribution in [2.24, 2.45) is 4.99 Å². The Labute approximate surface area is 240 Å². The molecule has 7 nitrogen and oxygen atoms in total. The quantitative estimate of drug-likeness (QED) is 0.284. The van der Waals surface area contributed by atoms with Crippen molar-refractivity contribution in [3.05, 3.63) is 140 Å². The first-order valence-electron chi connectivity index (χ1n) is 13.2. The Kier molecular flexibility index (Phi) is 6.99. The molecule has 0 saturated carbocycles. The zero-order valence-electron chi connectivity index (χ0n) is 22.7. The second-order valence-electron chi connectivity index (χ2n) is 9.72. The maximum Gasteiger partial charge on any atom is 0.271 e. The summed E-state index contributed by atoms with van der Waals surface area (Å²) >= 11 is 1.32. The second kappa shape index (κ2) is 10.9. The van der Waals surface area contributed by atoms with E-state index in [1.807, 2.05) is 98.1 Å². The first-order valence-corrected chi connectivity index (χ1v) is 14.0. The van der Waals surface area contributed by atoms with Gasteiger partial charge in [0.1, 0.15) is 5.75 Å². The molecule has 0 unspecified atom stereocenters. The van der Waals surface area contributed by atoms with E-state index in [2.05, 4.69) is 22.5 Å². The summed E-state index contributed by atoms with van der Waals surface area (Å²) in [6, 6.07) is 24.1. The minimum absolute atomic E-state index is 0.209. The van der Waals surface area contributed by atoms with Gasteiger partial charge in [-0.05, 0) is 48.9 Å². The van der Waals surface area contributed by atoms with Crippen molar-refractivity contribution in [2.45, 2.75) is 19.5 Å². The number of allylic oxidation sites excluding steroid dienone is 2. The molecular weight excluding hydrogens is 532 g/mol. The van der Waals surface area contributed by atoms with E-state index in [4.69, 9.17) is 9.73 Å². The van der Waals surface area contributed by atoms with E-state index in [9.17, 15) is 9.59 Å². The highest BCUT2D eigenvalue weighted by Gasteiger charge is 2.32. The summed E-state index contributed by atoms with van der Waals surface area (Å²) in [5, 5.41) is 4.03. The summed E-state index contributed by atoms with van der Waals surface area (Å²) in [6.45, 7) is 6.35. The number of nitrogens with zero attached hydrogens (tertiary/aromatic N) is 3. The number of carbonyl (C=O) groups is 1. The number of nitrogens with one attached hydrogen (secondary N) is 1. The molecule has 5 aromatic rings. The Hall–Kier alpha value is -4.95. The maximum atomic E-state index is 14.1. The molecule has 1 atom stereocenters. The number of carbonyl (C=O) groups excluding carboxylic acids is 1. The Morgan fingerprint density at radius 2 is 1.88 bits per heavy atom. The SMILES string of the molecule is C=CCn1cc(/C=c2\sc3n(c2=O)[C@H](c2cccc(OC)c2)C(C(=O)Nc2ccccc2)=C(C)N=3)c2ccccc21. The molecule has 3 aromatic carbocycles. The fourth-order valence-electron chi connectivity index (χ4n) is 5.28. The lowest BCUT2D eigenvalue weighted by atomic mass is 9.95. The summed E-state index contributed by atoms with van der Waals surface area (Å²) in [6.07, 6.45) is 5.80. The van der Waals surface area contributed by atoms with Crippen LogP contribution < -0.4 is 24.9 Å². The molecule has 6 rings (SSSR count). The van der Waals surface area contributed by atoms with Crippen molar-refractivity contribution in [2.75, 3.05) is 12.4 Å². The van der Waals surface area contributed by atoms with Crippen molar-refractivity contribution in [3.63, 3.8) is 0 Å². The number of anilines is 1. The molecule has 1 aliphatic rings. The minimum atomic E-state index is -0.686. The van der Waals surface area contributed by atoms with Gasteiger partial charge in [-0.2, -0.15) is 0 Å². The highest BCUT2D eigenvalue weighted by atomic mass is 32.1. The number of benzene rings is 3. The molecule has 0 saturated heterocycles. The largest absolute Gasteiger partial charge is 0.497 e. The number of rotatable bonds is 7. The number of aromatic nitrogens is 2. The summed E-state index contributed by atoms with van der Waals surface area (Å²) in [4.78, 5) is 33.2. The Morgan fingerprint density at radius 3 is 2.66 bits per heavy atom. The molecule has 204 valence electrons. The van der Waals surface area contributed by atoms with Gasteiger partial charge in [0, 0.05) is 34.9 Å². The third-order valence-electron chi connectivity index (χ3n) is 7.14. The highest BCUT2D eigenvalue weighted by Crippen LogP contribution is 2.32. The van der Waals surface area contributed by atoms with Crippen molar-refractivity contribution in [1.82, 2.24) is 9.13 Å². The van der Waals surface area contributed by atoms with E-state index in [-0.39, 0.29) is 11.5 Å². The number of ether oxygens (including phenoxy) is 1. The highest BCUT2D eigenvalue weighted by molar-refractivity contribution is 7.07. The van der Waals surface area contributed by atoms with Crippen molar-refractivity contribution < 1.29 is 9.53 Å². The molecule has 2 aromatic heterocycles. The third kappa shape index (κ3) is 4.83. The van der Waals surface area contributed by atoms with Crippen LogP contribution in [0.3, 0.4) is 0 Å². The number of fused-ring (bicyclic) bond motifs is 2. The van der Waals surface area contributed by atoms with E-state index in [1.165, 1.54) is 11.3 Å². The first kappa shape index (κ1) is 26.3. The van der Waals surface area contributed by atoms with Crippen molar-refractivity contribution in [3.8, 4) is 5.75 Å². The zero-order chi connectivity index (χ0) is 28.5. The standard InChI is InChI=1S/C33H28N4O3S/c1-4-17-36-20-23(26-15-8-9-16-27(26)36)19-28-32(39)37-30(22-11-10-14-25(18-22)40-3)29(21(2)34-33(37)41-28)31(38)35-24-12-6-5-7-13-24/h4-16,18-20,30H,1,17H2,2-3H3,(H,35,38)/b28-19-/t30-/m1/s1. The molecule has 0 radical (unpaired) electrons. The van der Waals surface area contributed by atoms with Crippen molar-refractivity contribution in [1.29, 1.82) is 0 Å². The van der Waals surface area contributed by atoms with E-state index in [1.54, 1.807) is 11.7 Å². The number of para-hydroxylation sites is 2. The average molecular weight is 561 g/mol. The van der Waals surface area contributed by atoms with Gasteiger partial charge in [0.05, 0.1) is 29.0 Å². The second-order valence-corrected chi connectivity index (χ2v) is 10.7. The van der Waals surface area contributed by atoms with E-state index in [0.29, 0.717) is 38.6 Å². The summed E-state index contributed by atoms with van der Waals surface area (Å²) < 4.78 is 9.76. The monoisotopic (exact) mass is 560 g/mol. The third-order valence-corrected chi connectivity index (χ3v) is 8.12. The maximum absolute atomic E-state index is 14.1. The smallest absolute Gasteiger partial charge is 0.271 e. The molecule has 0 aliphatic carbocycles. The van der Waals surface area contributed by atoms with Crippen LogP contribution in [0.25, 0.3) is 17.0 Å². The van der Waals surface area contributed by atoms with Crippen LogP contribution in [0.4, 0.5) is 5.69 Å². The lowest BCUT2D eigenvalue weighted by molar-refractivity contribution is -0.113. The normalized spacial score (nSPS) is 15.0. The van der Waals surface area contributed by atoms with Gasteiger partial charge >= 0.3 is 0 Å². The predicted octanol–water partition coefficient (Wildman–Crippen LogP) is 5.02. The summed E-state index contributed by atoms with van der Waals surface area (Å²) in [7, 11) is 1.59. The van der Waals surface area contributed by atoms with Gasteiger partial charge in [-0.3, -0.25) is 14.2 Å². The van der Waals surface area contributed by atoms with E-state index in [0.717, 1.165) is 22.0 Å². The van der Waals surface area contributed by atoms with Crippen LogP contribution in [0.1, 0.15) is 24.1 Å². The molecule has 1 N–H and O–H groups in total. The van der Waals surface area contributed by atoms with Gasteiger partial charge in [-0.25, -0.2) is 4.99 Å². The molecule has 0 spiro atoms. The number of thiazole rings is 1. The lowest BCUT2D eigenvalue weighted by Gasteiger charge is -2.25. The number of methoxy groups -OCH3 is 1. The zero-order valence-corrected chi connectivity index (χ0v) is 23.5. The summed E-state index contributed by atoms with van der Waals surface area (Å²) in [5.74, 6) is 0.323. The van der Waals surface area contributed by atoms with Crippen LogP contribution in [0, 0.1) is 0 Å². The lowest BCUT2D eigenvalue weighted by Crippen LogP contribution is -2.40. The molecule has 0 fully saturated rings. The van der Waals surface area contributed by atoms with Crippen LogP contribution >= 0.6 is 11.3 Å². The number of hydrogen-bond donors (Lipinski definition) is 1. The molecule has 41 heavy (non-hydrogen) atoms. The molecule has 3 heterocycles. The van der Waals surface area contributed by atoms with Crippen LogP contribution in [-0.4, -0.2) is 22.2 Å². The van der Waals surface area contributed by atoms with Crippen LogP contribution in [-0.2, 0) is 11.3 Å². The Morgan fingerprint density at radius 1 is 1.10 bits per heavy atom.